The van der Waals surface area contributed by atoms with Crippen LogP contribution in [0.2, 0.25) is 0 Å². The van der Waals surface area contributed by atoms with Crippen LogP contribution in [0.25, 0.3) is 0 Å². The molecule has 0 atom stereocenters. The number of nitrogens with zero attached hydrogens (tertiary/aromatic N) is 2. The Bertz CT molecular complexity index is 540. The van der Waals surface area contributed by atoms with Crippen LogP contribution in [0.1, 0.15) is 59.6 Å². The van der Waals surface area contributed by atoms with Gasteiger partial charge in [-0.3, -0.25) is 0 Å². The summed E-state index contributed by atoms with van der Waals surface area (Å²) < 4.78 is 5.60. The lowest BCUT2D eigenvalue weighted by molar-refractivity contribution is 0.160. The van der Waals surface area contributed by atoms with Crippen molar-refractivity contribution in [2.24, 2.45) is 5.41 Å². The zero-order chi connectivity index (χ0) is 18.7. The van der Waals surface area contributed by atoms with Crippen LogP contribution < -0.4 is 5.32 Å². The number of likely N-dealkylation sites (tertiary alicyclic amines) is 1. The van der Waals surface area contributed by atoms with Gasteiger partial charge in [0.15, 0.2) is 5.11 Å². The van der Waals surface area contributed by atoms with Crippen LogP contribution in [0.5, 0.6) is 0 Å². The highest BCUT2D eigenvalue weighted by molar-refractivity contribution is 7.80. The standard InChI is InChI=1S/C20H35N3OS/c1-19(2,3)15-20(4,5)21-18(25)23(14-17-8-7-13-24-17)16-9-11-22(6)12-10-16/h7-8,13,16H,9-12,14-15H2,1-6H3,(H,21,25). The lowest BCUT2D eigenvalue weighted by atomic mass is 9.82. The molecule has 1 aromatic heterocycles. The number of hydrogen-bond acceptors (Lipinski definition) is 3. The highest BCUT2D eigenvalue weighted by Crippen LogP contribution is 2.27. The topological polar surface area (TPSA) is 31.6 Å². The maximum atomic E-state index is 5.86. The fourth-order valence-corrected chi connectivity index (χ4v) is 4.47. The average molecular weight is 366 g/mol. The Labute approximate surface area is 158 Å². The van der Waals surface area contributed by atoms with Crippen molar-refractivity contribution in [3.05, 3.63) is 24.2 Å². The molecule has 25 heavy (non-hydrogen) atoms. The molecule has 2 rings (SSSR count). The Kier molecular flexibility index (Phi) is 6.55. The molecule has 1 aliphatic heterocycles. The van der Waals surface area contributed by atoms with Crippen molar-refractivity contribution in [1.82, 2.24) is 15.1 Å². The largest absolute Gasteiger partial charge is 0.467 e. The minimum Gasteiger partial charge on any atom is -0.467 e. The van der Waals surface area contributed by atoms with E-state index < -0.39 is 0 Å². The first-order chi connectivity index (χ1) is 11.6. The molecule has 4 nitrogen and oxygen atoms in total. The van der Waals surface area contributed by atoms with Gasteiger partial charge in [-0.15, -0.1) is 0 Å². The molecule has 1 aromatic rings. The third-order valence-electron chi connectivity index (χ3n) is 4.71. The Morgan fingerprint density at radius 1 is 1.28 bits per heavy atom. The van der Waals surface area contributed by atoms with Crippen LogP contribution in [0, 0.1) is 5.41 Å². The van der Waals surface area contributed by atoms with Crippen LogP contribution in [0.15, 0.2) is 22.8 Å². The van der Waals surface area contributed by atoms with Gasteiger partial charge in [0.05, 0.1) is 12.8 Å². The SMILES string of the molecule is CN1CCC(N(Cc2ccco2)C(=S)NC(C)(C)CC(C)(C)C)CC1. The molecule has 0 radical (unpaired) electrons. The summed E-state index contributed by atoms with van der Waals surface area (Å²) in [5.41, 5.74) is 0.216. The van der Waals surface area contributed by atoms with E-state index in [0.29, 0.717) is 6.04 Å². The first-order valence-electron chi connectivity index (χ1n) is 9.35. The second-order valence-corrected chi connectivity index (χ2v) is 9.68. The van der Waals surface area contributed by atoms with Crippen molar-refractivity contribution in [3.8, 4) is 0 Å². The summed E-state index contributed by atoms with van der Waals surface area (Å²) in [6.45, 7) is 14.3. The monoisotopic (exact) mass is 365 g/mol. The third-order valence-corrected chi connectivity index (χ3v) is 5.05. The van der Waals surface area contributed by atoms with E-state index >= 15 is 0 Å². The average Bonchev–Trinajstić information content (AvgIpc) is 2.95. The Morgan fingerprint density at radius 2 is 1.92 bits per heavy atom. The van der Waals surface area contributed by atoms with Gasteiger partial charge in [0.25, 0.3) is 0 Å². The highest BCUT2D eigenvalue weighted by atomic mass is 32.1. The number of hydrogen-bond donors (Lipinski definition) is 1. The number of thiocarbonyl (C=S) groups is 1. The summed E-state index contributed by atoms with van der Waals surface area (Å²) in [5.74, 6) is 0.969. The van der Waals surface area contributed by atoms with Gasteiger partial charge in [-0.25, -0.2) is 0 Å². The molecule has 1 fully saturated rings. The van der Waals surface area contributed by atoms with Crippen molar-refractivity contribution < 1.29 is 4.42 Å². The minimum atomic E-state index is -0.0395. The third kappa shape index (κ3) is 6.63. The fourth-order valence-electron chi connectivity index (χ4n) is 3.98. The van der Waals surface area contributed by atoms with E-state index in [1.807, 2.05) is 12.1 Å². The predicted octanol–water partition coefficient (Wildman–Crippen LogP) is 4.27. The zero-order valence-electron chi connectivity index (χ0n) is 16.8. The lowest BCUT2D eigenvalue weighted by Gasteiger charge is -2.42. The van der Waals surface area contributed by atoms with Crippen LogP contribution in [-0.2, 0) is 6.54 Å². The molecule has 1 aliphatic rings. The fraction of sp³-hybridized carbons (Fsp3) is 0.750. The zero-order valence-corrected chi connectivity index (χ0v) is 17.6. The van der Waals surface area contributed by atoms with Gasteiger partial charge in [0.2, 0.25) is 0 Å². The van der Waals surface area contributed by atoms with E-state index in [9.17, 15) is 0 Å². The summed E-state index contributed by atoms with van der Waals surface area (Å²) in [5, 5.41) is 4.48. The van der Waals surface area contributed by atoms with Crippen molar-refractivity contribution in [2.75, 3.05) is 20.1 Å². The van der Waals surface area contributed by atoms with Gasteiger partial charge in [-0.1, -0.05) is 20.8 Å². The molecule has 0 spiro atoms. The summed E-state index contributed by atoms with van der Waals surface area (Å²) in [6, 6.07) is 4.44. The molecule has 0 amide bonds. The maximum Gasteiger partial charge on any atom is 0.170 e. The minimum absolute atomic E-state index is 0.0395. The molecule has 2 heterocycles. The summed E-state index contributed by atoms with van der Waals surface area (Å²) in [4.78, 5) is 4.73. The van der Waals surface area contributed by atoms with Crippen molar-refractivity contribution in [2.45, 2.75) is 72.0 Å². The Balaban J connectivity index is 2.09. The van der Waals surface area contributed by atoms with E-state index in [2.05, 4.69) is 56.8 Å². The summed E-state index contributed by atoms with van der Waals surface area (Å²) in [6.07, 6.45) is 5.07. The van der Waals surface area contributed by atoms with Gasteiger partial charge in [-0.05, 0) is 83.0 Å². The van der Waals surface area contributed by atoms with Crippen LogP contribution in [-0.4, -0.2) is 46.6 Å². The molecule has 0 aromatic carbocycles. The summed E-state index contributed by atoms with van der Waals surface area (Å²) >= 11 is 5.86. The second kappa shape index (κ2) is 8.09. The molecule has 0 bridgehead atoms. The van der Waals surface area contributed by atoms with E-state index in [4.69, 9.17) is 16.6 Å². The van der Waals surface area contributed by atoms with Crippen LogP contribution >= 0.6 is 12.2 Å². The molecular formula is C20H35N3OS. The first-order valence-corrected chi connectivity index (χ1v) is 9.76. The molecular weight excluding hydrogens is 330 g/mol. The Morgan fingerprint density at radius 3 is 2.44 bits per heavy atom. The maximum absolute atomic E-state index is 5.86. The molecule has 142 valence electrons. The van der Waals surface area contributed by atoms with Gasteiger partial charge in [0.1, 0.15) is 5.76 Å². The predicted molar refractivity (Wildman–Crippen MR) is 109 cm³/mol. The highest BCUT2D eigenvalue weighted by Gasteiger charge is 2.31. The van der Waals surface area contributed by atoms with Gasteiger partial charge < -0.3 is 19.5 Å². The van der Waals surface area contributed by atoms with Crippen LogP contribution in [0.4, 0.5) is 0 Å². The molecule has 1 saturated heterocycles. The number of furan rings is 1. The smallest absolute Gasteiger partial charge is 0.170 e. The van der Waals surface area contributed by atoms with Crippen molar-refractivity contribution in [3.63, 3.8) is 0 Å². The number of nitrogens with one attached hydrogen (secondary N) is 1. The Hall–Kier alpha value is -1.07. The van der Waals surface area contributed by atoms with Crippen molar-refractivity contribution >= 4 is 17.3 Å². The molecule has 0 aliphatic carbocycles. The quantitative estimate of drug-likeness (QED) is 0.788. The van der Waals surface area contributed by atoms with Gasteiger partial charge in [0, 0.05) is 11.6 Å². The van der Waals surface area contributed by atoms with Crippen LogP contribution in [0.3, 0.4) is 0 Å². The lowest BCUT2D eigenvalue weighted by Crippen LogP contribution is -2.55. The van der Waals surface area contributed by atoms with E-state index in [0.717, 1.165) is 49.8 Å². The number of piperidine rings is 1. The molecule has 0 saturated carbocycles. The van der Waals surface area contributed by atoms with E-state index in [-0.39, 0.29) is 11.0 Å². The molecule has 0 unspecified atom stereocenters. The second-order valence-electron chi connectivity index (χ2n) is 9.29. The molecule has 1 N–H and O–H groups in total. The molecule has 5 heteroatoms. The van der Waals surface area contributed by atoms with E-state index in [1.165, 1.54) is 0 Å². The van der Waals surface area contributed by atoms with Gasteiger partial charge in [-0.2, -0.15) is 0 Å². The summed E-state index contributed by atoms with van der Waals surface area (Å²) in [7, 11) is 2.19. The van der Waals surface area contributed by atoms with E-state index in [1.54, 1.807) is 6.26 Å². The first kappa shape index (κ1) is 20.2. The number of rotatable bonds is 5. The normalized spacial score (nSPS) is 17.5. The van der Waals surface area contributed by atoms with Gasteiger partial charge >= 0.3 is 0 Å². The van der Waals surface area contributed by atoms with Crippen molar-refractivity contribution in [1.29, 1.82) is 0 Å².